The van der Waals surface area contributed by atoms with E-state index in [2.05, 4.69) is 0 Å². The second kappa shape index (κ2) is 5.49. The summed E-state index contributed by atoms with van der Waals surface area (Å²) in [6, 6.07) is 10.4. The Morgan fingerprint density at radius 2 is 1.68 bits per heavy atom. The molecule has 0 heterocycles. The minimum atomic E-state index is -1.02. The summed E-state index contributed by atoms with van der Waals surface area (Å²) in [5.74, 6) is -0.643. The fourth-order valence-corrected chi connectivity index (χ4v) is 1.46. The fourth-order valence-electron chi connectivity index (χ4n) is 1.31. The molecule has 2 aromatic rings. The monoisotopic (exact) mass is 280 g/mol. The fraction of sp³-hybridized carbons (Fsp3) is 0. The van der Waals surface area contributed by atoms with Gasteiger partial charge < -0.3 is 19.7 Å². The molecule has 0 fully saturated rings. The van der Waals surface area contributed by atoms with Crippen molar-refractivity contribution in [3.8, 4) is 23.0 Å². The maximum Gasteiger partial charge on any atom is 0.519 e. The zero-order valence-corrected chi connectivity index (χ0v) is 10.3. The number of aromatic hydroxyl groups is 2. The van der Waals surface area contributed by atoms with Crippen LogP contribution in [0.5, 0.6) is 23.0 Å². The average molecular weight is 281 g/mol. The number of benzene rings is 2. The highest BCUT2D eigenvalue weighted by Crippen LogP contribution is 2.36. The molecule has 0 spiro atoms. The lowest BCUT2D eigenvalue weighted by molar-refractivity contribution is 0.150. The summed E-state index contributed by atoms with van der Waals surface area (Å²) in [6.45, 7) is 0. The zero-order chi connectivity index (χ0) is 13.8. The molecule has 19 heavy (non-hydrogen) atoms. The van der Waals surface area contributed by atoms with E-state index in [4.69, 9.17) is 21.1 Å². The molecule has 2 N–H and O–H groups in total. The van der Waals surface area contributed by atoms with Crippen LogP contribution in [0.1, 0.15) is 0 Å². The number of ether oxygens (including phenoxy) is 2. The first-order valence-electron chi connectivity index (χ1n) is 5.22. The summed E-state index contributed by atoms with van der Waals surface area (Å²) in [5, 5.41) is 18.7. The number of para-hydroxylation sites is 1. The number of hydrogen-bond acceptors (Lipinski definition) is 5. The van der Waals surface area contributed by atoms with E-state index >= 15 is 0 Å². The largest absolute Gasteiger partial charge is 0.519 e. The topological polar surface area (TPSA) is 76.0 Å². The molecule has 2 aromatic carbocycles. The van der Waals surface area contributed by atoms with Crippen molar-refractivity contribution in [3.63, 3.8) is 0 Å². The van der Waals surface area contributed by atoms with E-state index in [-0.39, 0.29) is 16.5 Å². The van der Waals surface area contributed by atoms with Crippen molar-refractivity contribution < 1.29 is 24.5 Å². The molecular weight excluding hydrogens is 272 g/mol. The number of halogens is 1. The van der Waals surface area contributed by atoms with Gasteiger partial charge in [0.05, 0.1) is 5.02 Å². The van der Waals surface area contributed by atoms with Crippen LogP contribution >= 0.6 is 11.6 Å². The van der Waals surface area contributed by atoms with E-state index in [1.54, 1.807) is 30.3 Å². The molecule has 0 aromatic heterocycles. The Morgan fingerprint density at radius 3 is 2.37 bits per heavy atom. The summed E-state index contributed by atoms with van der Waals surface area (Å²) in [5.41, 5.74) is 0. The summed E-state index contributed by atoms with van der Waals surface area (Å²) in [7, 11) is 0. The number of carbonyl (C=O) groups excluding carboxylic acids is 1. The normalized spacial score (nSPS) is 9.95. The molecule has 0 aliphatic heterocycles. The third-order valence-corrected chi connectivity index (χ3v) is 2.47. The van der Waals surface area contributed by atoms with Gasteiger partial charge in [-0.3, -0.25) is 0 Å². The smallest absolute Gasteiger partial charge is 0.506 e. The Hall–Kier alpha value is -2.40. The van der Waals surface area contributed by atoms with Crippen molar-refractivity contribution in [2.24, 2.45) is 0 Å². The third kappa shape index (κ3) is 3.29. The van der Waals surface area contributed by atoms with E-state index in [1.165, 1.54) is 0 Å². The van der Waals surface area contributed by atoms with E-state index in [1.807, 2.05) is 0 Å². The summed E-state index contributed by atoms with van der Waals surface area (Å²) < 4.78 is 9.64. The van der Waals surface area contributed by atoms with E-state index in [9.17, 15) is 15.0 Å². The van der Waals surface area contributed by atoms with Crippen molar-refractivity contribution in [1.82, 2.24) is 0 Å². The Morgan fingerprint density at radius 1 is 1.00 bits per heavy atom. The summed E-state index contributed by atoms with van der Waals surface area (Å²) in [6.07, 6.45) is -1.02. The van der Waals surface area contributed by atoms with Gasteiger partial charge in [-0.25, -0.2) is 4.79 Å². The van der Waals surface area contributed by atoms with Gasteiger partial charge >= 0.3 is 6.16 Å². The van der Waals surface area contributed by atoms with Gasteiger partial charge in [0.15, 0.2) is 11.5 Å². The summed E-state index contributed by atoms with van der Waals surface area (Å²) >= 11 is 5.64. The number of rotatable bonds is 2. The molecule has 0 amide bonds. The molecule has 0 bridgehead atoms. The Bertz CT molecular complexity index is 597. The maximum atomic E-state index is 11.5. The molecule has 0 saturated heterocycles. The molecule has 98 valence electrons. The summed E-state index contributed by atoms with van der Waals surface area (Å²) in [4.78, 5) is 11.5. The molecule has 0 unspecified atom stereocenters. The van der Waals surface area contributed by atoms with E-state index < -0.39 is 11.9 Å². The zero-order valence-electron chi connectivity index (χ0n) is 9.54. The van der Waals surface area contributed by atoms with Crippen molar-refractivity contribution >= 4 is 17.8 Å². The van der Waals surface area contributed by atoms with Gasteiger partial charge in [-0.05, 0) is 12.1 Å². The van der Waals surface area contributed by atoms with Crippen LogP contribution in [0, 0.1) is 0 Å². The molecule has 0 saturated carbocycles. The highest BCUT2D eigenvalue weighted by molar-refractivity contribution is 6.32. The predicted octanol–water partition coefficient (Wildman–Crippen LogP) is 3.33. The van der Waals surface area contributed by atoms with E-state index in [0.717, 1.165) is 12.1 Å². The molecule has 0 atom stereocenters. The van der Waals surface area contributed by atoms with Gasteiger partial charge in [-0.15, -0.1) is 0 Å². The van der Waals surface area contributed by atoms with Gasteiger partial charge in [0.1, 0.15) is 11.5 Å². The third-order valence-electron chi connectivity index (χ3n) is 2.17. The van der Waals surface area contributed by atoms with Crippen LogP contribution in [0.25, 0.3) is 0 Å². The number of phenolic OH excluding ortho intramolecular Hbond substituents is 2. The van der Waals surface area contributed by atoms with Crippen molar-refractivity contribution in [2.45, 2.75) is 0 Å². The SMILES string of the molecule is O=C(Oc1ccccc1)Oc1cc(Cl)c(O)cc1O. The Labute approximate surface area is 113 Å². The number of phenols is 2. The number of carbonyl (C=O) groups is 1. The van der Waals surface area contributed by atoms with Crippen LogP contribution in [0.4, 0.5) is 4.79 Å². The standard InChI is InChI=1S/C13H9ClO5/c14-9-6-12(11(16)7-10(9)15)19-13(17)18-8-4-2-1-3-5-8/h1-7,15-16H. The Balaban J connectivity index is 2.09. The van der Waals surface area contributed by atoms with Gasteiger partial charge in [-0.2, -0.15) is 0 Å². The van der Waals surface area contributed by atoms with Gasteiger partial charge in [0.2, 0.25) is 0 Å². The first kappa shape index (κ1) is 13.0. The maximum absolute atomic E-state index is 11.5. The van der Waals surface area contributed by atoms with Crippen LogP contribution in [0.2, 0.25) is 5.02 Å². The lowest BCUT2D eigenvalue weighted by Crippen LogP contribution is -2.13. The Kier molecular flexibility index (Phi) is 3.77. The highest BCUT2D eigenvalue weighted by Gasteiger charge is 2.14. The van der Waals surface area contributed by atoms with Crippen LogP contribution < -0.4 is 9.47 Å². The number of hydrogen-bond donors (Lipinski definition) is 2. The van der Waals surface area contributed by atoms with Crippen LogP contribution in [-0.2, 0) is 0 Å². The van der Waals surface area contributed by atoms with Crippen LogP contribution in [-0.4, -0.2) is 16.4 Å². The van der Waals surface area contributed by atoms with E-state index in [0.29, 0.717) is 5.75 Å². The average Bonchev–Trinajstić information content (AvgIpc) is 2.37. The minimum Gasteiger partial charge on any atom is -0.506 e. The molecule has 6 heteroatoms. The van der Waals surface area contributed by atoms with Crippen molar-refractivity contribution in [3.05, 3.63) is 47.5 Å². The molecule has 0 aliphatic rings. The van der Waals surface area contributed by atoms with Crippen molar-refractivity contribution in [2.75, 3.05) is 0 Å². The lowest BCUT2D eigenvalue weighted by atomic mass is 10.3. The second-order valence-corrected chi connectivity index (χ2v) is 3.95. The molecule has 0 aliphatic carbocycles. The first-order valence-corrected chi connectivity index (χ1v) is 5.60. The van der Waals surface area contributed by atoms with Gasteiger partial charge in [0, 0.05) is 12.1 Å². The quantitative estimate of drug-likeness (QED) is 0.652. The second-order valence-electron chi connectivity index (χ2n) is 3.54. The predicted molar refractivity (Wildman–Crippen MR) is 67.9 cm³/mol. The molecule has 2 rings (SSSR count). The minimum absolute atomic E-state index is 0.0553. The van der Waals surface area contributed by atoms with Crippen LogP contribution in [0.3, 0.4) is 0 Å². The molecular formula is C13H9ClO5. The lowest BCUT2D eigenvalue weighted by Gasteiger charge is -2.08. The first-order chi connectivity index (χ1) is 9.06. The van der Waals surface area contributed by atoms with Gasteiger partial charge in [0.25, 0.3) is 0 Å². The van der Waals surface area contributed by atoms with Crippen LogP contribution in [0.15, 0.2) is 42.5 Å². The molecule has 0 radical (unpaired) electrons. The molecule has 5 nitrogen and oxygen atoms in total. The highest BCUT2D eigenvalue weighted by atomic mass is 35.5. The van der Waals surface area contributed by atoms with Gasteiger partial charge in [-0.1, -0.05) is 29.8 Å². The van der Waals surface area contributed by atoms with Crippen molar-refractivity contribution in [1.29, 1.82) is 0 Å².